The number of carbonyl (C=O) groups is 1. The van der Waals surface area contributed by atoms with E-state index in [0.717, 1.165) is 15.9 Å². The van der Waals surface area contributed by atoms with Crippen LogP contribution in [0.1, 0.15) is 6.92 Å². The summed E-state index contributed by atoms with van der Waals surface area (Å²) < 4.78 is 0.827. The Balaban J connectivity index is 2.56. The topological polar surface area (TPSA) is 54.6 Å². The quantitative estimate of drug-likeness (QED) is 0.757. The van der Waals surface area contributed by atoms with Gasteiger partial charge >= 0.3 is 0 Å². The highest BCUT2D eigenvalue weighted by atomic mass is 16.5. The molecule has 0 atom stereocenters. The predicted molar refractivity (Wildman–Crippen MR) is 63.3 cm³/mol. The number of aromatic nitrogens is 1. The molecule has 0 fully saturated rings. The first kappa shape index (κ1) is 11.1. The smallest absolute Gasteiger partial charge is 0.244 e. The molecule has 0 spiro atoms. The fourth-order valence-corrected chi connectivity index (χ4v) is 1.54. The number of amides is 1. The van der Waals surface area contributed by atoms with Crippen LogP contribution in [0.25, 0.3) is 11.1 Å². The van der Waals surface area contributed by atoms with Gasteiger partial charge in [0.25, 0.3) is 0 Å². The van der Waals surface area contributed by atoms with Crippen LogP contribution in [0.5, 0.6) is 0 Å². The molecule has 0 saturated heterocycles. The molecule has 2 aromatic rings. The molecule has 0 aliphatic rings. The van der Waals surface area contributed by atoms with Crippen molar-refractivity contribution >= 4 is 5.91 Å². The summed E-state index contributed by atoms with van der Waals surface area (Å²) in [6, 6.07) is 13.1. The Morgan fingerprint density at radius 1 is 1.18 bits per heavy atom. The molecule has 0 saturated carbocycles. The van der Waals surface area contributed by atoms with Crippen molar-refractivity contribution in [3.63, 3.8) is 0 Å². The normalized spacial score (nSPS) is 11.5. The molecule has 0 aliphatic heterocycles. The van der Waals surface area contributed by atoms with Gasteiger partial charge in [-0.05, 0) is 23.3 Å². The summed E-state index contributed by atoms with van der Waals surface area (Å²) in [5.41, 5.74) is 2.13. The molecule has 4 heteroatoms. The third-order valence-electron chi connectivity index (χ3n) is 2.29. The zero-order valence-electron chi connectivity index (χ0n) is 9.37. The first-order valence-electron chi connectivity index (χ1n) is 5.19. The van der Waals surface area contributed by atoms with Gasteiger partial charge in [-0.3, -0.25) is 4.79 Å². The summed E-state index contributed by atoms with van der Waals surface area (Å²) in [6.07, 6.45) is 1.46. The average molecular weight is 228 g/mol. The maximum atomic E-state index is 10.9. The number of carbonyl (C=O) groups excluding carboxylic acids is 1. The third-order valence-corrected chi connectivity index (χ3v) is 2.29. The van der Waals surface area contributed by atoms with Crippen molar-refractivity contribution in [3.8, 4) is 11.1 Å². The molecule has 0 bridgehead atoms. The van der Waals surface area contributed by atoms with E-state index in [2.05, 4.69) is 4.99 Å². The van der Waals surface area contributed by atoms with Crippen molar-refractivity contribution in [1.82, 2.24) is 4.73 Å². The minimum Gasteiger partial charge on any atom is -0.427 e. The lowest BCUT2D eigenvalue weighted by Gasteiger charge is -2.03. The maximum absolute atomic E-state index is 10.9. The predicted octanol–water partition coefficient (Wildman–Crippen LogP) is 1.84. The zero-order chi connectivity index (χ0) is 12.3. The highest BCUT2D eigenvalue weighted by Gasteiger charge is 1.99. The molecule has 1 amide bonds. The fourth-order valence-electron chi connectivity index (χ4n) is 1.54. The van der Waals surface area contributed by atoms with Crippen molar-refractivity contribution in [2.24, 2.45) is 4.99 Å². The van der Waals surface area contributed by atoms with Gasteiger partial charge in [0.2, 0.25) is 5.91 Å². The van der Waals surface area contributed by atoms with E-state index in [1.165, 1.54) is 13.1 Å². The summed E-state index contributed by atoms with van der Waals surface area (Å²) in [6.45, 7) is 1.34. The first-order chi connectivity index (χ1) is 8.16. The van der Waals surface area contributed by atoms with Gasteiger partial charge in [-0.15, -0.1) is 0 Å². The van der Waals surface area contributed by atoms with E-state index in [-0.39, 0.29) is 11.4 Å². The Kier molecular flexibility index (Phi) is 3.05. The van der Waals surface area contributed by atoms with Crippen LogP contribution in [-0.2, 0) is 4.79 Å². The Labute approximate surface area is 98.5 Å². The Hall–Kier alpha value is -2.36. The van der Waals surface area contributed by atoms with Crippen LogP contribution >= 0.6 is 0 Å². The Morgan fingerprint density at radius 2 is 1.88 bits per heavy atom. The van der Waals surface area contributed by atoms with Crippen LogP contribution < -0.4 is 5.49 Å². The molecule has 17 heavy (non-hydrogen) atoms. The molecule has 1 heterocycles. The summed E-state index contributed by atoms with van der Waals surface area (Å²) in [7, 11) is 0. The van der Waals surface area contributed by atoms with Gasteiger partial charge in [0.15, 0.2) is 5.49 Å². The van der Waals surface area contributed by atoms with E-state index >= 15 is 0 Å². The summed E-state index contributed by atoms with van der Waals surface area (Å²) >= 11 is 0. The van der Waals surface area contributed by atoms with E-state index in [1.54, 1.807) is 12.1 Å². The van der Waals surface area contributed by atoms with E-state index in [1.807, 2.05) is 30.3 Å². The second-order valence-electron chi connectivity index (χ2n) is 3.62. The number of hydrogen-bond donors (Lipinski definition) is 1. The first-order valence-corrected chi connectivity index (χ1v) is 5.19. The van der Waals surface area contributed by atoms with Crippen LogP contribution in [0, 0.1) is 0 Å². The molecule has 0 unspecified atom stereocenters. The largest absolute Gasteiger partial charge is 0.427 e. The number of hydrogen-bond acceptors (Lipinski definition) is 2. The molecule has 1 N–H and O–H groups in total. The van der Waals surface area contributed by atoms with E-state index in [4.69, 9.17) is 0 Å². The van der Waals surface area contributed by atoms with Gasteiger partial charge in [0, 0.05) is 13.1 Å². The number of rotatable bonds is 1. The van der Waals surface area contributed by atoms with Gasteiger partial charge in [0.05, 0.1) is 0 Å². The van der Waals surface area contributed by atoms with E-state index in [9.17, 15) is 10.0 Å². The van der Waals surface area contributed by atoms with Crippen LogP contribution in [0.3, 0.4) is 0 Å². The molecule has 1 aromatic heterocycles. The van der Waals surface area contributed by atoms with Crippen molar-refractivity contribution in [1.29, 1.82) is 0 Å². The molecular formula is C13H12N2O2. The summed E-state index contributed by atoms with van der Waals surface area (Å²) in [5.74, 6) is -0.349. The molecule has 0 radical (unpaired) electrons. The van der Waals surface area contributed by atoms with Crippen molar-refractivity contribution < 1.29 is 10.0 Å². The van der Waals surface area contributed by atoms with Crippen LogP contribution in [-0.4, -0.2) is 15.8 Å². The summed E-state index contributed by atoms with van der Waals surface area (Å²) in [5, 5.41) is 9.50. The number of benzene rings is 1. The molecule has 0 aliphatic carbocycles. The molecule has 2 rings (SSSR count). The highest BCUT2D eigenvalue weighted by molar-refractivity contribution is 5.74. The Bertz CT molecular complexity index is 600. The minimum absolute atomic E-state index is 0.221. The highest BCUT2D eigenvalue weighted by Crippen LogP contribution is 2.15. The average Bonchev–Trinajstić information content (AvgIpc) is 2.32. The van der Waals surface area contributed by atoms with Gasteiger partial charge in [0.1, 0.15) is 0 Å². The standard InChI is InChI=1S/C13H12N2O2/c1-10(16)14-13-9-12(7-8-15(13)17)11-5-3-2-4-6-11/h2-9,17H,1H3. The molecule has 4 nitrogen and oxygen atoms in total. The monoisotopic (exact) mass is 228 g/mol. The van der Waals surface area contributed by atoms with Crippen LogP contribution in [0.2, 0.25) is 0 Å². The minimum atomic E-state index is -0.349. The second-order valence-corrected chi connectivity index (χ2v) is 3.62. The fraction of sp³-hybridized carbons (Fsp3) is 0.0769. The lowest BCUT2D eigenvalue weighted by Crippen LogP contribution is -2.19. The van der Waals surface area contributed by atoms with Crippen molar-refractivity contribution in [2.75, 3.05) is 0 Å². The maximum Gasteiger partial charge on any atom is 0.244 e. The van der Waals surface area contributed by atoms with Crippen molar-refractivity contribution in [2.45, 2.75) is 6.92 Å². The van der Waals surface area contributed by atoms with Gasteiger partial charge < -0.3 is 5.21 Å². The molecular weight excluding hydrogens is 216 g/mol. The van der Waals surface area contributed by atoms with Crippen LogP contribution in [0.15, 0.2) is 53.7 Å². The lowest BCUT2D eigenvalue weighted by molar-refractivity contribution is -0.116. The van der Waals surface area contributed by atoms with Gasteiger partial charge in [-0.1, -0.05) is 30.3 Å². The number of pyridine rings is 1. The van der Waals surface area contributed by atoms with E-state index < -0.39 is 0 Å². The summed E-state index contributed by atoms with van der Waals surface area (Å²) in [4.78, 5) is 14.6. The van der Waals surface area contributed by atoms with Crippen molar-refractivity contribution in [3.05, 3.63) is 54.1 Å². The molecule has 86 valence electrons. The van der Waals surface area contributed by atoms with Gasteiger partial charge in [-0.2, -0.15) is 9.72 Å². The second kappa shape index (κ2) is 4.65. The number of nitrogens with zero attached hydrogens (tertiary/aromatic N) is 2. The zero-order valence-corrected chi connectivity index (χ0v) is 9.37. The van der Waals surface area contributed by atoms with E-state index in [0.29, 0.717) is 0 Å². The Morgan fingerprint density at radius 3 is 2.53 bits per heavy atom. The SMILES string of the molecule is CC(=O)N=c1cc(-c2ccccc2)ccn1O. The van der Waals surface area contributed by atoms with Gasteiger partial charge in [-0.25, -0.2) is 0 Å². The lowest BCUT2D eigenvalue weighted by atomic mass is 10.1. The van der Waals surface area contributed by atoms with Crippen LogP contribution in [0.4, 0.5) is 0 Å². The third kappa shape index (κ3) is 2.60. The molecule has 1 aromatic carbocycles.